The van der Waals surface area contributed by atoms with E-state index in [0.29, 0.717) is 5.75 Å². The van der Waals surface area contributed by atoms with Gasteiger partial charge in [-0.05, 0) is 30.7 Å². The number of phenols is 1. The number of hydrogen-bond acceptors (Lipinski definition) is 1. The molecule has 1 nitrogen and oxygen atoms in total. The van der Waals surface area contributed by atoms with E-state index in [9.17, 15) is 5.11 Å². The van der Waals surface area contributed by atoms with Crippen molar-refractivity contribution in [1.29, 1.82) is 0 Å². The number of benzene rings is 1. The summed E-state index contributed by atoms with van der Waals surface area (Å²) >= 11 is 0. The quantitative estimate of drug-likeness (QED) is 0.0934. The van der Waals surface area contributed by atoms with Crippen molar-refractivity contribution >= 4 is 0 Å². The highest BCUT2D eigenvalue weighted by Gasteiger charge is 2.33. The minimum absolute atomic E-state index is 0.163. The van der Waals surface area contributed by atoms with Crippen LogP contribution >= 0.6 is 0 Å². The zero-order valence-corrected chi connectivity index (χ0v) is 27.8. The molecule has 0 heterocycles. The summed E-state index contributed by atoms with van der Waals surface area (Å²) in [6.07, 6.45) is 39.8. The normalized spacial score (nSPS) is 11.9. The molecule has 1 rings (SSSR count). The smallest absolute Gasteiger partial charge is 0.119 e. The van der Waals surface area contributed by atoms with E-state index >= 15 is 0 Å². The molecule has 0 amide bonds. The third-order valence-corrected chi connectivity index (χ3v) is 9.50. The highest BCUT2D eigenvalue weighted by molar-refractivity contribution is 5.38. The van der Waals surface area contributed by atoms with Gasteiger partial charge in [0.15, 0.2) is 0 Å². The summed E-state index contributed by atoms with van der Waals surface area (Å²) in [5, 5.41) is 11.0. The molecule has 0 saturated carbocycles. The highest BCUT2D eigenvalue weighted by atomic mass is 16.3. The summed E-state index contributed by atoms with van der Waals surface area (Å²) in [5.41, 5.74) is 1.42. The number of para-hydroxylation sites is 1. The number of hydrogen-bond donors (Lipinski definition) is 1. The van der Waals surface area contributed by atoms with Crippen LogP contribution in [0.15, 0.2) is 24.3 Å². The van der Waals surface area contributed by atoms with Crippen LogP contribution in [0.1, 0.15) is 213 Å². The lowest BCUT2D eigenvalue weighted by molar-refractivity contribution is 0.289. The van der Waals surface area contributed by atoms with E-state index in [4.69, 9.17) is 0 Å². The molecule has 0 aromatic heterocycles. The van der Waals surface area contributed by atoms with Gasteiger partial charge in [0.1, 0.15) is 5.75 Å². The van der Waals surface area contributed by atoms with E-state index < -0.39 is 0 Å². The van der Waals surface area contributed by atoms with Crippen LogP contribution in [-0.4, -0.2) is 5.11 Å². The predicted octanol–water partition coefficient (Wildman–Crippen LogP) is 14.0. The lowest BCUT2D eigenvalue weighted by Crippen LogP contribution is -2.27. The lowest BCUT2D eigenvalue weighted by atomic mass is 9.69. The first-order valence-corrected chi connectivity index (χ1v) is 18.5. The Kier molecular flexibility index (Phi) is 24.9. The van der Waals surface area contributed by atoms with Crippen molar-refractivity contribution in [3.63, 3.8) is 0 Å². The van der Waals surface area contributed by atoms with Gasteiger partial charge in [-0.2, -0.15) is 0 Å². The largest absolute Gasteiger partial charge is 0.508 e. The van der Waals surface area contributed by atoms with E-state index in [0.717, 1.165) is 0 Å². The number of unbranched alkanes of at least 4 members (excludes halogenated alkanes) is 23. The molecule has 1 heteroatoms. The fourth-order valence-corrected chi connectivity index (χ4v) is 6.85. The molecule has 0 aliphatic heterocycles. The average Bonchev–Trinajstić information content (AvgIpc) is 2.96. The van der Waals surface area contributed by atoms with Crippen molar-refractivity contribution in [2.45, 2.75) is 212 Å². The van der Waals surface area contributed by atoms with Crippen LogP contribution in [0.4, 0.5) is 0 Å². The number of phenolic OH excluding ortho intramolecular Hbond substituents is 1. The Morgan fingerprint density at radius 2 is 0.675 bits per heavy atom. The number of rotatable bonds is 30. The maximum atomic E-state index is 11.0. The maximum Gasteiger partial charge on any atom is 0.119 e. The van der Waals surface area contributed by atoms with Crippen molar-refractivity contribution in [1.82, 2.24) is 0 Å². The summed E-state index contributed by atoms with van der Waals surface area (Å²) < 4.78 is 0. The summed E-state index contributed by atoms with van der Waals surface area (Å²) in [6.45, 7) is 6.92. The van der Waals surface area contributed by atoms with Crippen LogP contribution in [0.25, 0.3) is 0 Å². The Hall–Kier alpha value is -0.980. The molecule has 0 spiro atoms. The van der Waals surface area contributed by atoms with Crippen LogP contribution < -0.4 is 0 Å². The molecule has 0 fully saturated rings. The maximum absolute atomic E-state index is 11.0. The van der Waals surface area contributed by atoms with Crippen LogP contribution in [-0.2, 0) is 5.41 Å². The van der Waals surface area contributed by atoms with E-state index in [1.165, 1.54) is 192 Å². The van der Waals surface area contributed by atoms with Crippen LogP contribution in [0.3, 0.4) is 0 Å². The Bertz CT molecular complexity index is 626. The van der Waals surface area contributed by atoms with Crippen LogP contribution in [0, 0.1) is 0 Å². The van der Waals surface area contributed by atoms with Crippen molar-refractivity contribution < 1.29 is 5.11 Å². The monoisotopic (exact) mass is 557 g/mol. The standard InChI is InChI=1S/C39H72O/c1-4-7-10-13-16-18-20-22-25-30-35-39(34-29-24-15-12-9-6-3,37-32-27-28-33-38(37)40)36-31-26-23-21-19-17-14-11-8-5-2/h27-28,32-33,40H,4-26,29-31,34-36H2,1-3H3. The van der Waals surface area contributed by atoms with Gasteiger partial charge in [-0.3, -0.25) is 0 Å². The first-order chi connectivity index (χ1) is 19.7. The first-order valence-electron chi connectivity index (χ1n) is 18.5. The van der Waals surface area contributed by atoms with Crippen molar-refractivity contribution in [3.8, 4) is 5.75 Å². The van der Waals surface area contributed by atoms with Gasteiger partial charge in [-0.15, -0.1) is 0 Å². The SMILES string of the molecule is CCCCCCCCCCCCC(CCCCCCCC)(CCCCCCCCCCCC)c1ccccc1O. The summed E-state index contributed by atoms with van der Waals surface area (Å²) in [7, 11) is 0. The van der Waals surface area contributed by atoms with Gasteiger partial charge in [0, 0.05) is 5.56 Å². The molecule has 0 saturated heterocycles. The summed E-state index contributed by atoms with van der Waals surface area (Å²) in [6, 6.07) is 8.39. The van der Waals surface area contributed by atoms with Crippen LogP contribution in [0.2, 0.25) is 0 Å². The molecule has 0 aliphatic rings. The molecule has 1 N–H and O–H groups in total. The van der Waals surface area contributed by atoms with Gasteiger partial charge in [0.05, 0.1) is 0 Å². The molecule has 0 radical (unpaired) electrons. The van der Waals surface area contributed by atoms with Gasteiger partial charge in [0.2, 0.25) is 0 Å². The first kappa shape index (κ1) is 37.0. The molecule has 0 atom stereocenters. The third-order valence-electron chi connectivity index (χ3n) is 9.50. The molecular weight excluding hydrogens is 484 g/mol. The fraction of sp³-hybridized carbons (Fsp3) is 0.846. The molecule has 1 aromatic carbocycles. The molecule has 0 aliphatic carbocycles. The molecule has 1 aromatic rings. The molecule has 40 heavy (non-hydrogen) atoms. The van der Waals surface area contributed by atoms with Crippen molar-refractivity contribution in [2.75, 3.05) is 0 Å². The summed E-state index contributed by atoms with van der Waals surface area (Å²) in [4.78, 5) is 0. The zero-order valence-electron chi connectivity index (χ0n) is 27.8. The van der Waals surface area contributed by atoms with Crippen LogP contribution in [0.5, 0.6) is 5.75 Å². The van der Waals surface area contributed by atoms with E-state index in [1.54, 1.807) is 0 Å². The Balaban J connectivity index is 2.65. The van der Waals surface area contributed by atoms with Crippen molar-refractivity contribution in [2.24, 2.45) is 0 Å². The second-order valence-electron chi connectivity index (χ2n) is 13.2. The Labute approximate surface area is 252 Å². The topological polar surface area (TPSA) is 20.2 Å². The van der Waals surface area contributed by atoms with Gasteiger partial charge >= 0.3 is 0 Å². The van der Waals surface area contributed by atoms with Gasteiger partial charge < -0.3 is 5.11 Å². The second kappa shape index (κ2) is 26.9. The molecule has 234 valence electrons. The lowest BCUT2D eigenvalue weighted by Gasteiger charge is -2.36. The highest BCUT2D eigenvalue weighted by Crippen LogP contribution is 2.44. The van der Waals surface area contributed by atoms with Crippen molar-refractivity contribution in [3.05, 3.63) is 29.8 Å². The van der Waals surface area contributed by atoms with Gasteiger partial charge in [-0.1, -0.05) is 206 Å². The van der Waals surface area contributed by atoms with E-state index in [-0.39, 0.29) is 5.41 Å². The van der Waals surface area contributed by atoms with Gasteiger partial charge in [0.25, 0.3) is 0 Å². The molecule has 0 bridgehead atoms. The minimum Gasteiger partial charge on any atom is -0.508 e. The Morgan fingerprint density at radius 3 is 0.975 bits per heavy atom. The fourth-order valence-electron chi connectivity index (χ4n) is 6.85. The number of aromatic hydroxyl groups is 1. The average molecular weight is 557 g/mol. The zero-order chi connectivity index (χ0) is 29.0. The predicted molar refractivity (Wildman–Crippen MR) is 181 cm³/mol. The molecular formula is C39H72O. The minimum atomic E-state index is 0.163. The Morgan fingerprint density at radius 1 is 0.400 bits per heavy atom. The second-order valence-corrected chi connectivity index (χ2v) is 13.2. The summed E-state index contributed by atoms with van der Waals surface area (Å²) in [5.74, 6) is 0.549. The van der Waals surface area contributed by atoms with Gasteiger partial charge in [-0.25, -0.2) is 0 Å². The van der Waals surface area contributed by atoms with E-state index in [1.807, 2.05) is 12.1 Å². The molecule has 0 unspecified atom stereocenters. The van der Waals surface area contributed by atoms with E-state index in [2.05, 4.69) is 32.9 Å². The third kappa shape index (κ3) is 18.5.